The Balaban J connectivity index is 0.000000409. The van der Waals surface area contributed by atoms with E-state index < -0.39 is 12.3 Å². The zero-order valence-corrected chi connectivity index (χ0v) is 15.9. The Morgan fingerprint density at radius 2 is 1.74 bits per heavy atom. The average molecular weight is 371 g/mol. The molecular formula is C16H17O6Zn-. The normalized spacial score (nSPS) is 10.4. The second kappa shape index (κ2) is 10.6. The number of methoxy groups -OCH3 is 1. The summed E-state index contributed by atoms with van der Waals surface area (Å²) in [6.07, 6.45) is -0.779. The van der Waals surface area contributed by atoms with Crippen LogP contribution in [0.15, 0.2) is 42.5 Å². The minimum absolute atomic E-state index is 0. The fraction of sp³-hybridized carbons (Fsp3) is 0.188. The van der Waals surface area contributed by atoms with Gasteiger partial charge in [0, 0.05) is 25.2 Å². The summed E-state index contributed by atoms with van der Waals surface area (Å²) in [5, 5.41) is 26.1. The molecule has 2 rings (SSSR count). The molecule has 0 radical (unpaired) electrons. The number of carboxylic acids is 1. The number of rotatable bonds is 4. The van der Waals surface area contributed by atoms with Crippen molar-refractivity contribution in [3.8, 4) is 17.2 Å². The zero-order valence-electron chi connectivity index (χ0n) is 12.9. The van der Waals surface area contributed by atoms with Crippen LogP contribution in [0, 0.1) is 6.07 Å². The molecule has 1 atom stereocenters. The van der Waals surface area contributed by atoms with Crippen molar-refractivity contribution >= 4 is 5.97 Å². The predicted octanol–water partition coefficient (Wildman–Crippen LogP) is 2.30. The number of hydrogen-bond acceptors (Lipinski definition) is 5. The van der Waals surface area contributed by atoms with Crippen molar-refractivity contribution in [1.82, 2.24) is 0 Å². The van der Waals surface area contributed by atoms with Gasteiger partial charge in [-0.05, 0) is 36.8 Å². The van der Waals surface area contributed by atoms with E-state index in [1.165, 1.54) is 18.2 Å². The molecule has 0 heterocycles. The van der Waals surface area contributed by atoms with Crippen LogP contribution in [-0.2, 0) is 19.5 Å². The molecule has 0 aliphatic rings. The minimum Gasteiger partial charge on any atom is -0.565 e. The van der Waals surface area contributed by atoms with Crippen molar-refractivity contribution in [2.45, 2.75) is 13.2 Å². The summed E-state index contributed by atoms with van der Waals surface area (Å²) in [5.41, 5.74) is -0.0984. The van der Waals surface area contributed by atoms with Crippen LogP contribution in [0.2, 0.25) is 0 Å². The molecule has 0 aliphatic carbocycles. The number of aromatic carboxylic acids is 1. The number of aromatic hydroxyl groups is 1. The standard InChI is InChI=1S/C9H12O3.C7H5O3.Zn/c1-7(10)12-9-5-3-8(11-2)4-6-9;8-6-4-2-1-3-5(6)7(9)10;/h3-7,10H,1-2H3;1,3-4,8H,(H,9,10);/q;-1;. The van der Waals surface area contributed by atoms with Crippen LogP contribution in [0.25, 0.3) is 0 Å². The number of hydrogen-bond donors (Lipinski definition) is 3. The molecule has 3 N–H and O–H groups in total. The number of benzene rings is 2. The second-order valence-corrected chi connectivity index (χ2v) is 4.14. The molecule has 120 valence electrons. The largest absolute Gasteiger partial charge is 0.565 e. The summed E-state index contributed by atoms with van der Waals surface area (Å²) in [6.45, 7) is 1.56. The van der Waals surface area contributed by atoms with E-state index in [1.807, 2.05) is 0 Å². The Morgan fingerprint density at radius 1 is 1.17 bits per heavy atom. The van der Waals surface area contributed by atoms with Crippen LogP contribution in [-0.4, -0.2) is 34.7 Å². The summed E-state index contributed by atoms with van der Waals surface area (Å²) in [5.74, 6) is 0.0141. The number of aliphatic hydroxyl groups excluding tert-OH is 1. The van der Waals surface area contributed by atoms with Crippen molar-refractivity contribution < 1.29 is 49.1 Å². The first-order valence-corrected chi connectivity index (χ1v) is 6.35. The van der Waals surface area contributed by atoms with Gasteiger partial charge in [0.1, 0.15) is 11.5 Å². The number of aliphatic hydroxyl groups is 1. The number of carboxylic acid groups (broad SMARTS) is 1. The molecule has 0 fully saturated rings. The second-order valence-electron chi connectivity index (χ2n) is 4.14. The Kier molecular flexibility index (Phi) is 9.62. The van der Waals surface area contributed by atoms with Crippen LogP contribution in [0.5, 0.6) is 17.2 Å². The van der Waals surface area contributed by atoms with Gasteiger partial charge >= 0.3 is 5.97 Å². The van der Waals surface area contributed by atoms with E-state index in [-0.39, 0.29) is 30.8 Å². The Labute approximate surface area is 147 Å². The summed E-state index contributed by atoms with van der Waals surface area (Å²) >= 11 is 0. The fourth-order valence-corrected chi connectivity index (χ4v) is 1.45. The third-order valence-corrected chi connectivity index (χ3v) is 2.44. The van der Waals surface area contributed by atoms with Gasteiger partial charge in [0.15, 0.2) is 6.29 Å². The van der Waals surface area contributed by atoms with Gasteiger partial charge in [0.2, 0.25) is 0 Å². The molecule has 0 aromatic heterocycles. The van der Waals surface area contributed by atoms with Crippen molar-refractivity contribution in [2.24, 2.45) is 0 Å². The van der Waals surface area contributed by atoms with E-state index in [4.69, 9.17) is 24.8 Å². The van der Waals surface area contributed by atoms with E-state index in [0.29, 0.717) is 5.75 Å². The van der Waals surface area contributed by atoms with Gasteiger partial charge in [-0.3, -0.25) is 0 Å². The molecule has 2 aromatic rings. The maximum Gasteiger partial charge on any atom is 0.314 e. The van der Waals surface area contributed by atoms with E-state index >= 15 is 0 Å². The van der Waals surface area contributed by atoms with Crippen molar-refractivity contribution in [3.05, 3.63) is 54.1 Å². The molecule has 2 aromatic carbocycles. The van der Waals surface area contributed by atoms with E-state index in [1.54, 1.807) is 38.3 Å². The molecule has 0 bridgehead atoms. The van der Waals surface area contributed by atoms with Gasteiger partial charge in [0.05, 0.1) is 7.11 Å². The SMILES string of the molecule is COc1ccc(OC(C)O)cc1.O=C(O)c1cc[c-]cc1O.[Zn]. The maximum absolute atomic E-state index is 10.2. The summed E-state index contributed by atoms with van der Waals surface area (Å²) in [7, 11) is 1.60. The van der Waals surface area contributed by atoms with Gasteiger partial charge < -0.3 is 24.8 Å². The predicted molar refractivity (Wildman–Crippen MR) is 79.2 cm³/mol. The Morgan fingerprint density at radius 3 is 2.13 bits per heavy atom. The first-order chi connectivity index (χ1) is 10.4. The van der Waals surface area contributed by atoms with E-state index in [0.717, 1.165) is 5.75 Å². The van der Waals surface area contributed by atoms with Gasteiger partial charge in [-0.25, -0.2) is 4.79 Å². The minimum atomic E-state index is -1.13. The first-order valence-electron chi connectivity index (χ1n) is 6.35. The van der Waals surface area contributed by atoms with E-state index in [2.05, 4.69) is 6.07 Å². The van der Waals surface area contributed by atoms with Crippen LogP contribution < -0.4 is 9.47 Å². The Hall–Kier alpha value is -2.11. The van der Waals surface area contributed by atoms with Gasteiger partial charge in [-0.2, -0.15) is 18.2 Å². The molecule has 23 heavy (non-hydrogen) atoms. The smallest absolute Gasteiger partial charge is 0.314 e. The van der Waals surface area contributed by atoms with Crippen LogP contribution in [0.4, 0.5) is 0 Å². The van der Waals surface area contributed by atoms with Crippen LogP contribution >= 0.6 is 0 Å². The fourth-order valence-electron chi connectivity index (χ4n) is 1.45. The molecule has 6 nitrogen and oxygen atoms in total. The molecule has 0 saturated carbocycles. The van der Waals surface area contributed by atoms with E-state index in [9.17, 15) is 4.79 Å². The number of ether oxygens (including phenoxy) is 2. The number of phenols is 1. The van der Waals surface area contributed by atoms with Crippen molar-refractivity contribution in [1.29, 1.82) is 0 Å². The van der Waals surface area contributed by atoms with Crippen LogP contribution in [0.1, 0.15) is 17.3 Å². The third-order valence-electron chi connectivity index (χ3n) is 2.44. The third kappa shape index (κ3) is 7.63. The average Bonchev–Trinajstić information content (AvgIpc) is 2.48. The topological polar surface area (TPSA) is 96.2 Å². The van der Waals surface area contributed by atoms with Crippen molar-refractivity contribution in [3.63, 3.8) is 0 Å². The molecule has 0 saturated heterocycles. The molecule has 1 unspecified atom stereocenters. The first kappa shape index (κ1) is 20.9. The molecule has 7 heteroatoms. The monoisotopic (exact) mass is 369 g/mol. The van der Waals surface area contributed by atoms with Gasteiger partial charge in [-0.15, -0.1) is 6.07 Å². The molecule has 0 amide bonds. The quantitative estimate of drug-likeness (QED) is 0.434. The maximum atomic E-state index is 10.2. The molecular weight excluding hydrogens is 354 g/mol. The summed E-state index contributed by atoms with van der Waals surface area (Å²) < 4.78 is 9.97. The summed E-state index contributed by atoms with van der Waals surface area (Å²) in [4.78, 5) is 10.2. The molecule has 0 spiro atoms. The Bertz CT molecular complexity index is 598. The van der Waals surface area contributed by atoms with Crippen molar-refractivity contribution in [2.75, 3.05) is 7.11 Å². The van der Waals surface area contributed by atoms with Crippen LogP contribution in [0.3, 0.4) is 0 Å². The molecule has 0 aliphatic heterocycles. The summed E-state index contributed by atoms with van der Waals surface area (Å²) in [6, 6.07) is 13.5. The van der Waals surface area contributed by atoms with Gasteiger partial charge in [0.25, 0.3) is 0 Å². The zero-order chi connectivity index (χ0) is 16.5. The number of carbonyl (C=O) groups is 1. The van der Waals surface area contributed by atoms with Gasteiger partial charge in [-0.1, -0.05) is 0 Å².